The van der Waals surface area contributed by atoms with Crippen LogP contribution >= 0.6 is 11.1 Å². The second kappa shape index (κ2) is 5.27. The molecule has 1 heterocycles. The van der Waals surface area contributed by atoms with Crippen molar-refractivity contribution in [3.05, 3.63) is 41.4 Å². The maximum atomic E-state index is 6.83. The van der Waals surface area contributed by atoms with Gasteiger partial charge in [0.1, 0.15) is 0 Å². The summed E-state index contributed by atoms with van der Waals surface area (Å²) in [6.07, 6.45) is 11.7. The van der Waals surface area contributed by atoms with Gasteiger partial charge >= 0.3 is 102 Å². The molecule has 0 amide bonds. The van der Waals surface area contributed by atoms with Crippen molar-refractivity contribution in [3.63, 3.8) is 0 Å². The molecule has 0 saturated carbocycles. The van der Waals surface area contributed by atoms with Gasteiger partial charge in [0.25, 0.3) is 0 Å². The van der Waals surface area contributed by atoms with Gasteiger partial charge in [-0.05, 0) is 0 Å². The van der Waals surface area contributed by atoms with Crippen molar-refractivity contribution < 1.29 is 47.7 Å². The van der Waals surface area contributed by atoms with Crippen LogP contribution in [0.25, 0.3) is 0 Å². The van der Waals surface area contributed by atoms with Crippen LogP contribution in [0.2, 0.25) is 6.55 Å². The molecule has 0 radical (unpaired) electrons. The van der Waals surface area contributed by atoms with Crippen molar-refractivity contribution in [3.8, 4) is 0 Å². The number of hydrogen-bond acceptors (Lipinski definition) is 0. The van der Waals surface area contributed by atoms with Gasteiger partial charge in [-0.25, -0.2) is 0 Å². The molecule has 0 bridgehead atoms. The maximum absolute atomic E-state index is 6.83. The summed E-state index contributed by atoms with van der Waals surface area (Å²) in [6.45, 7) is 2.30. The van der Waals surface area contributed by atoms with E-state index in [0.29, 0.717) is 0 Å². The first-order valence-electron chi connectivity index (χ1n) is 4.96. The normalized spacial score (nSPS) is 22.9. The minimum Gasteiger partial charge on any atom is -1.00 e. The predicted molar refractivity (Wildman–Crippen MR) is 59.0 cm³/mol. The van der Waals surface area contributed by atoms with Crippen LogP contribution < -0.4 is 24.8 Å². The van der Waals surface area contributed by atoms with Gasteiger partial charge in [-0.3, -0.25) is 0 Å². The largest absolute Gasteiger partial charge is 1.00 e. The van der Waals surface area contributed by atoms with E-state index in [1.807, 2.05) is 0 Å². The molecule has 0 atom stereocenters. The third-order valence-corrected chi connectivity index (χ3v) is 14.7. The smallest absolute Gasteiger partial charge is 1.00 e. The van der Waals surface area contributed by atoms with Gasteiger partial charge in [0.15, 0.2) is 0 Å². The molecule has 16 heavy (non-hydrogen) atoms. The molecule has 0 saturated heterocycles. The van der Waals surface area contributed by atoms with Crippen LogP contribution in [-0.4, -0.2) is 7.38 Å². The molecular weight excluding hydrogens is 445 g/mol. The molecule has 0 spiro atoms. The van der Waals surface area contributed by atoms with Crippen molar-refractivity contribution in [1.29, 1.82) is 0 Å². The van der Waals surface area contributed by atoms with Gasteiger partial charge in [0.2, 0.25) is 0 Å². The Morgan fingerprint density at radius 1 is 1.06 bits per heavy atom. The fourth-order valence-corrected chi connectivity index (χ4v) is 18.6. The molecule has 3 rings (SSSR count). The van der Waals surface area contributed by atoms with Crippen molar-refractivity contribution >= 4 is 18.5 Å². The number of rotatable bonds is 0. The first-order chi connectivity index (χ1) is 6.69. The van der Waals surface area contributed by atoms with Gasteiger partial charge in [-0.1, -0.05) is 0 Å². The minimum atomic E-state index is -1.74. The molecule has 0 fully saturated rings. The van der Waals surface area contributed by atoms with Crippen LogP contribution in [0.3, 0.4) is 0 Å². The number of allylic oxidation sites excluding steroid dienone is 8. The second-order valence-corrected chi connectivity index (χ2v) is 14.7. The summed E-state index contributed by atoms with van der Waals surface area (Å²) in [5, 5.41) is 3.15. The van der Waals surface area contributed by atoms with Crippen molar-refractivity contribution in [2.45, 2.75) is 19.4 Å². The van der Waals surface area contributed by atoms with E-state index < -0.39 is 30.3 Å². The summed E-state index contributed by atoms with van der Waals surface area (Å²) < 4.78 is 3.58. The molecular formula is C11H11Cl3HfSi. The zero-order chi connectivity index (χ0) is 9.76. The molecule has 2 aliphatic carbocycles. The number of halogens is 3. The number of hydrogen-bond donors (Lipinski definition) is 0. The summed E-state index contributed by atoms with van der Waals surface area (Å²) in [5.74, 6) is 0. The molecule has 3 aliphatic rings. The molecule has 84 valence electrons. The summed E-state index contributed by atoms with van der Waals surface area (Å²) >= 11 is 6.19. The average Bonchev–Trinajstić information content (AvgIpc) is 2.71. The Morgan fingerprint density at radius 3 is 1.94 bits per heavy atom. The van der Waals surface area contributed by atoms with Crippen LogP contribution in [0.4, 0.5) is 0 Å². The van der Waals surface area contributed by atoms with Crippen LogP contribution in [0.15, 0.2) is 41.4 Å². The SMILES string of the molecule is C[Si]1(Cl)C2=[C](CC=C2)[Hf+2][C]2=C1C=CC2.[Cl-].[Cl-]. The molecule has 0 aromatic heterocycles. The Morgan fingerprint density at radius 2 is 1.50 bits per heavy atom. The van der Waals surface area contributed by atoms with Crippen molar-refractivity contribution in [2.24, 2.45) is 0 Å². The van der Waals surface area contributed by atoms with Crippen LogP contribution in [-0.2, 0) is 22.9 Å². The third kappa shape index (κ3) is 2.12. The first kappa shape index (κ1) is 15.0. The molecule has 0 unspecified atom stereocenters. The third-order valence-electron chi connectivity index (χ3n) is 3.18. The summed E-state index contributed by atoms with van der Waals surface area (Å²) in [5.41, 5.74) is 0. The van der Waals surface area contributed by atoms with Gasteiger partial charge in [-0.2, -0.15) is 0 Å². The van der Waals surface area contributed by atoms with Gasteiger partial charge < -0.3 is 24.8 Å². The Bertz CT molecular complexity index is 395. The zero-order valence-corrected chi connectivity index (χ0v) is 15.7. The van der Waals surface area contributed by atoms with Gasteiger partial charge in [0, 0.05) is 0 Å². The predicted octanol–water partition coefficient (Wildman–Crippen LogP) is -2.59. The molecule has 1 aliphatic heterocycles. The van der Waals surface area contributed by atoms with E-state index in [4.69, 9.17) is 11.1 Å². The average molecular weight is 456 g/mol. The molecule has 0 nitrogen and oxygen atoms in total. The molecule has 0 aromatic carbocycles. The fourth-order valence-electron chi connectivity index (χ4n) is 2.45. The van der Waals surface area contributed by atoms with E-state index in [2.05, 4.69) is 30.9 Å². The van der Waals surface area contributed by atoms with E-state index in [9.17, 15) is 0 Å². The molecule has 0 N–H and O–H groups in total. The zero-order valence-electron chi connectivity index (χ0n) is 8.86. The summed E-state index contributed by atoms with van der Waals surface area (Å²) in [7, 11) is -1.74. The van der Waals surface area contributed by atoms with Crippen LogP contribution in [0.5, 0.6) is 0 Å². The monoisotopic (exact) mass is 456 g/mol. The maximum Gasteiger partial charge on any atom is -1.00 e. The van der Waals surface area contributed by atoms with Crippen LogP contribution in [0.1, 0.15) is 12.8 Å². The van der Waals surface area contributed by atoms with Crippen LogP contribution in [0, 0.1) is 0 Å². The van der Waals surface area contributed by atoms with E-state index in [-0.39, 0.29) is 24.8 Å². The van der Waals surface area contributed by atoms with Crippen molar-refractivity contribution in [1.82, 2.24) is 0 Å². The standard InChI is InChI=1S/C11H11ClSi.2ClH.Hf/c1-13(12,10-6-2-3-7-10)11-8-4-5-9-11;;;/h2,4,6,8H,3,5H2,1H3;2*1H;/q;;;+2/p-2. The fraction of sp³-hybridized carbons (Fsp3) is 0.273. The second-order valence-electron chi connectivity index (χ2n) is 4.13. The minimum absolute atomic E-state index is 0. The quantitative estimate of drug-likeness (QED) is 0.278. The first-order valence-corrected chi connectivity index (χ1v) is 12.1. The summed E-state index contributed by atoms with van der Waals surface area (Å²) in [4.78, 5) is 0. The van der Waals surface area contributed by atoms with Gasteiger partial charge in [0.05, 0.1) is 0 Å². The Labute approximate surface area is 126 Å². The molecule has 5 heteroatoms. The van der Waals surface area contributed by atoms with E-state index in [1.165, 1.54) is 12.8 Å². The van der Waals surface area contributed by atoms with Crippen molar-refractivity contribution in [2.75, 3.05) is 0 Å². The van der Waals surface area contributed by atoms with E-state index in [1.54, 1.807) is 17.1 Å². The Kier molecular flexibility index (Phi) is 4.94. The van der Waals surface area contributed by atoms with E-state index in [0.717, 1.165) is 0 Å². The summed E-state index contributed by atoms with van der Waals surface area (Å²) in [6, 6.07) is 0. The van der Waals surface area contributed by atoms with Gasteiger partial charge in [-0.15, -0.1) is 0 Å². The Hall–Kier alpha value is 0.917. The Balaban J connectivity index is 0.000000640. The molecule has 0 aromatic rings. The topological polar surface area (TPSA) is 0 Å². The van der Waals surface area contributed by atoms with E-state index >= 15 is 0 Å².